The number of thiophene rings is 1. The number of hydrogen-bond donors (Lipinski definition) is 2. The van der Waals surface area contributed by atoms with Gasteiger partial charge in [0.05, 0.1) is 5.69 Å². The third-order valence-electron chi connectivity index (χ3n) is 6.27. The number of nitrogens with one attached hydrogen (secondary N) is 1. The number of piperazine rings is 1. The zero-order valence-electron chi connectivity index (χ0n) is 19.4. The van der Waals surface area contributed by atoms with Crippen LogP contribution in [0.1, 0.15) is 15.9 Å². The molecule has 0 aliphatic carbocycles. The van der Waals surface area contributed by atoms with Crippen molar-refractivity contribution in [2.75, 3.05) is 35.8 Å². The Morgan fingerprint density at radius 1 is 1.00 bits per heavy atom. The minimum absolute atomic E-state index is 0.130. The molecule has 1 aliphatic heterocycles. The maximum absolute atomic E-state index is 13.6. The molecule has 1 saturated heterocycles. The summed E-state index contributed by atoms with van der Waals surface area (Å²) in [6, 6.07) is 17.7. The molecule has 2 N–H and O–H groups in total. The fourth-order valence-electron chi connectivity index (χ4n) is 4.37. The van der Waals surface area contributed by atoms with Crippen molar-refractivity contribution in [2.45, 2.75) is 11.1 Å². The summed E-state index contributed by atoms with van der Waals surface area (Å²) in [5.41, 5.74) is 2.04. The van der Waals surface area contributed by atoms with E-state index in [1.807, 2.05) is 17.0 Å². The van der Waals surface area contributed by atoms with Gasteiger partial charge >= 0.3 is 0 Å². The van der Waals surface area contributed by atoms with Crippen LogP contribution < -0.4 is 9.62 Å². The summed E-state index contributed by atoms with van der Waals surface area (Å²) < 4.78 is 43.0. The Labute approximate surface area is 212 Å². The number of benzene rings is 3. The molecule has 7 nitrogen and oxygen atoms in total. The van der Waals surface area contributed by atoms with Gasteiger partial charge in [0.25, 0.3) is 15.9 Å². The highest BCUT2D eigenvalue weighted by Crippen LogP contribution is 2.35. The van der Waals surface area contributed by atoms with Crippen LogP contribution in [0.25, 0.3) is 10.1 Å². The molecule has 0 atom stereocenters. The number of aromatic hydroxyl groups is 1. The summed E-state index contributed by atoms with van der Waals surface area (Å²) in [5, 5.41) is 10.6. The van der Waals surface area contributed by atoms with Crippen LogP contribution in [0.15, 0.2) is 70.9 Å². The van der Waals surface area contributed by atoms with E-state index in [1.54, 1.807) is 54.3 Å². The molecule has 36 heavy (non-hydrogen) atoms. The zero-order chi connectivity index (χ0) is 25.4. The number of hydrogen-bond acceptors (Lipinski definition) is 6. The molecule has 0 radical (unpaired) electrons. The number of para-hydroxylation sites is 2. The smallest absolute Gasteiger partial charge is 0.271 e. The van der Waals surface area contributed by atoms with Gasteiger partial charge in [-0.2, -0.15) is 0 Å². The minimum atomic E-state index is -3.88. The highest BCUT2D eigenvalue weighted by atomic mass is 32.2. The molecular weight excluding hydrogens is 501 g/mol. The predicted molar refractivity (Wildman–Crippen MR) is 140 cm³/mol. The van der Waals surface area contributed by atoms with Gasteiger partial charge in [0.1, 0.15) is 15.8 Å². The SMILES string of the molecule is Cc1c(S(=O)(=O)Nc2ccc(C(=O)N3CCN(c4ccccc4O)CC3)cc2)sc2ccc(F)cc12. The normalized spacial score (nSPS) is 14.3. The molecular formula is C26H24FN3O4S2. The Hall–Kier alpha value is -3.63. The van der Waals surface area contributed by atoms with Crippen LogP contribution in [-0.4, -0.2) is 50.5 Å². The second-order valence-corrected chi connectivity index (χ2v) is 11.5. The van der Waals surface area contributed by atoms with Gasteiger partial charge in [-0.05, 0) is 72.5 Å². The summed E-state index contributed by atoms with van der Waals surface area (Å²) in [5.74, 6) is -0.336. The molecule has 10 heteroatoms. The molecule has 186 valence electrons. The lowest BCUT2D eigenvalue weighted by molar-refractivity contribution is 0.0746. The van der Waals surface area contributed by atoms with Crippen LogP contribution in [0, 0.1) is 12.7 Å². The van der Waals surface area contributed by atoms with Crippen LogP contribution >= 0.6 is 11.3 Å². The molecule has 1 aromatic heterocycles. The number of rotatable bonds is 5. The van der Waals surface area contributed by atoms with Gasteiger partial charge in [-0.1, -0.05) is 12.1 Å². The maximum Gasteiger partial charge on any atom is 0.271 e. The molecule has 0 unspecified atom stereocenters. The molecule has 4 aromatic rings. The largest absolute Gasteiger partial charge is 0.506 e. The number of aryl methyl sites for hydroxylation is 1. The van der Waals surface area contributed by atoms with Crippen molar-refractivity contribution in [3.8, 4) is 5.75 Å². The summed E-state index contributed by atoms with van der Waals surface area (Å²) in [6.07, 6.45) is 0. The van der Waals surface area contributed by atoms with Crippen molar-refractivity contribution >= 4 is 48.7 Å². The van der Waals surface area contributed by atoms with E-state index in [0.717, 1.165) is 17.0 Å². The van der Waals surface area contributed by atoms with Gasteiger partial charge in [0.2, 0.25) is 0 Å². The van der Waals surface area contributed by atoms with Crippen molar-refractivity contribution in [1.29, 1.82) is 0 Å². The summed E-state index contributed by atoms with van der Waals surface area (Å²) >= 11 is 1.09. The van der Waals surface area contributed by atoms with Crippen molar-refractivity contribution < 1.29 is 22.7 Å². The van der Waals surface area contributed by atoms with E-state index in [1.165, 1.54) is 12.1 Å². The van der Waals surface area contributed by atoms with E-state index in [2.05, 4.69) is 4.72 Å². The highest BCUT2D eigenvalue weighted by molar-refractivity contribution is 7.94. The Balaban J connectivity index is 1.26. The minimum Gasteiger partial charge on any atom is -0.506 e. The number of halogens is 1. The molecule has 5 rings (SSSR count). The number of carbonyl (C=O) groups excluding carboxylic acids is 1. The van der Waals surface area contributed by atoms with Crippen LogP contribution in [0.2, 0.25) is 0 Å². The third-order valence-corrected chi connectivity index (χ3v) is 9.55. The van der Waals surface area contributed by atoms with Crippen LogP contribution in [-0.2, 0) is 10.0 Å². The summed E-state index contributed by atoms with van der Waals surface area (Å²) in [6.45, 7) is 3.87. The van der Waals surface area contributed by atoms with E-state index < -0.39 is 15.8 Å². The topological polar surface area (TPSA) is 90.0 Å². The Morgan fingerprint density at radius 3 is 2.39 bits per heavy atom. The Kier molecular flexibility index (Phi) is 6.31. The summed E-state index contributed by atoms with van der Waals surface area (Å²) in [4.78, 5) is 16.8. The zero-order valence-corrected chi connectivity index (χ0v) is 21.1. The molecule has 1 aliphatic rings. The molecule has 0 bridgehead atoms. The van der Waals surface area contributed by atoms with Gasteiger partial charge in [0, 0.05) is 42.1 Å². The molecule has 1 fully saturated rings. The van der Waals surface area contributed by atoms with Gasteiger partial charge in [0.15, 0.2) is 0 Å². The number of nitrogens with zero attached hydrogens (tertiary/aromatic N) is 2. The maximum atomic E-state index is 13.6. The second-order valence-electron chi connectivity index (χ2n) is 8.61. The lowest BCUT2D eigenvalue weighted by Crippen LogP contribution is -2.48. The standard InChI is InChI=1S/C26H24FN3O4S2/c1-17-21-16-19(27)8-11-24(21)35-26(17)36(33,34)28-20-9-6-18(7-10-20)25(32)30-14-12-29(13-15-30)22-4-2-3-5-23(22)31/h2-11,16,28,31H,12-15H2,1H3. The molecule has 1 amide bonds. The first-order valence-corrected chi connectivity index (χ1v) is 13.7. The van der Waals surface area contributed by atoms with Crippen molar-refractivity contribution in [2.24, 2.45) is 0 Å². The number of phenols is 1. The van der Waals surface area contributed by atoms with Crippen molar-refractivity contribution in [3.05, 3.63) is 83.7 Å². The summed E-state index contributed by atoms with van der Waals surface area (Å²) in [7, 11) is -3.88. The molecule has 3 aromatic carbocycles. The van der Waals surface area contributed by atoms with E-state index >= 15 is 0 Å². The first kappa shape index (κ1) is 24.1. The third kappa shape index (κ3) is 4.61. The lowest BCUT2D eigenvalue weighted by atomic mass is 10.1. The van der Waals surface area contributed by atoms with E-state index in [-0.39, 0.29) is 15.9 Å². The van der Waals surface area contributed by atoms with Crippen molar-refractivity contribution in [1.82, 2.24) is 4.90 Å². The Morgan fingerprint density at radius 2 is 1.69 bits per heavy atom. The molecule has 0 saturated carbocycles. The number of fused-ring (bicyclic) bond motifs is 1. The van der Waals surface area contributed by atoms with E-state index in [9.17, 15) is 22.7 Å². The first-order valence-electron chi connectivity index (χ1n) is 11.4. The number of amides is 1. The molecule has 2 heterocycles. The molecule has 0 spiro atoms. The Bertz CT molecular complexity index is 1540. The fraction of sp³-hybridized carbons (Fsp3) is 0.192. The first-order chi connectivity index (χ1) is 17.2. The highest BCUT2D eigenvalue weighted by Gasteiger charge is 2.25. The average Bonchev–Trinajstić information content (AvgIpc) is 3.21. The van der Waals surface area contributed by atoms with Gasteiger partial charge in [-0.3, -0.25) is 9.52 Å². The number of carbonyl (C=O) groups is 1. The van der Waals surface area contributed by atoms with Gasteiger partial charge in [-0.15, -0.1) is 11.3 Å². The monoisotopic (exact) mass is 525 g/mol. The van der Waals surface area contributed by atoms with Gasteiger partial charge < -0.3 is 14.9 Å². The fourth-order valence-corrected chi connectivity index (χ4v) is 7.18. The van der Waals surface area contributed by atoms with Crippen molar-refractivity contribution in [3.63, 3.8) is 0 Å². The second kappa shape index (κ2) is 9.44. The quantitative estimate of drug-likeness (QED) is 0.390. The average molecular weight is 526 g/mol. The van der Waals surface area contributed by atoms with E-state index in [0.29, 0.717) is 53.1 Å². The number of sulfonamides is 1. The lowest BCUT2D eigenvalue weighted by Gasteiger charge is -2.36. The van der Waals surface area contributed by atoms with E-state index in [4.69, 9.17) is 0 Å². The number of anilines is 2. The van der Waals surface area contributed by atoms with Crippen LogP contribution in [0.4, 0.5) is 15.8 Å². The predicted octanol–water partition coefficient (Wildman–Crippen LogP) is 4.82. The van der Waals surface area contributed by atoms with Crippen LogP contribution in [0.3, 0.4) is 0 Å². The number of phenolic OH excluding ortho intramolecular Hbond substituents is 1. The van der Waals surface area contributed by atoms with Gasteiger partial charge in [-0.25, -0.2) is 12.8 Å². The van der Waals surface area contributed by atoms with Crippen LogP contribution in [0.5, 0.6) is 5.75 Å².